The molecule has 1 aliphatic rings. The molecule has 7 heteroatoms. The van der Waals surface area contributed by atoms with Crippen molar-refractivity contribution in [2.24, 2.45) is 5.92 Å². The monoisotopic (exact) mass is 389 g/mol. The van der Waals surface area contributed by atoms with Gasteiger partial charge in [-0.05, 0) is 30.2 Å². The largest absolute Gasteiger partial charge is 0.467 e. The fourth-order valence-corrected chi connectivity index (χ4v) is 2.89. The first kappa shape index (κ1) is 17.2. The molecule has 0 bridgehead atoms. The summed E-state index contributed by atoms with van der Waals surface area (Å²) in [6.45, 7) is 0.960. The third kappa shape index (κ3) is 4.44. The maximum atomic E-state index is 12.2. The molecule has 1 amide bonds. The highest BCUT2D eigenvalue weighted by Crippen LogP contribution is 2.23. The zero-order valence-electron chi connectivity index (χ0n) is 12.1. The first-order chi connectivity index (χ1) is 10.5. The Bertz CT molecular complexity index is 560. The summed E-state index contributed by atoms with van der Waals surface area (Å²) in [7, 11) is 1.30. The summed E-state index contributed by atoms with van der Waals surface area (Å²) >= 11 is 9.40. The molecule has 0 aromatic heterocycles. The third-order valence-electron chi connectivity index (χ3n) is 3.53. The van der Waals surface area contributed by atoms with Gasteiger partial charge in [0.05, 0.1) is 19.6 Å². The average Bonchev–Trinajstić information content (AvgIpc) is 3.03. The molecule has 22 heavy (non-hydrogen) atoms. The van der Waals surface area contributed by atoms with Crippen LogP contribution in [-0.4, -0.2) is 38.2 Å². The number of hydrogen-bond acceptors (Lipinski definition) is 4. The fourth-order valence-electron chi connectivity index (χ4n) is 2.29. The zero-order chi connectivity index (χ0) is 16.1. The van der Waals surface area contributed by atoms with Crippen LogP contribution in [0.5, 0.6) is 0 Å². The van der Waals surface area contributed by atoms with Crippen LogP contribution in [0.15, 0.2) is 22.7 Å². The number of ether oxygens (including phenoxy) is 2. The van der Waals surface area contributed by atoms with Gasteiger partial charge in [0, 0.05) is 22.5 Å². The van der Waals surface area contributed by atoms with Crippen molar-refractivity contribution in [1.29, 1.82) is 0 Å². The van der Waals surface area contributed by atoms with Gasteiger partial charge in [-0.15, -0.1) is 0 Å². The highest BCUT2D eigenvalue weighted by atomic mass is 79.9. The molecule has 2 rings (SSSR count). The van der Waals surface area contributed by atoms with Gasteiger partial charge in [0.2, 0.25) is 5.91 Å². The predicted octanol–water partition coefficient (Wildman–Crippen LogP) is 2.34. The highest BCUT2D eigenvalue weighted by molar-refractivity contribution is 9.10. The number of esters is 1. The van der Waals surface area contributed by atoms with E-state index in [1.807, 2.05) is 0 Å². The lowest BCUT2D eigenvalue weighted by Gasteiger charge is -2.19. The molecule has 1 saturated heterocycles. The molecule has 0 aliphatic carbocycles. The minimum atomic E-state index is -0.757. The second-order valence-corrected chi connectivity index (χ2v) is 6.38. The van der Waals surface area contributed by atoms with Crippen LogP contribution in [0.2, 0.25) is 5.02 Å². The molecule has 2 atom stereocenters. The van der Waals surface area contributed by atoms with E-state index in [1.165, 1.54) is 7.11 Å². The van der Waals surface area contributed by atoms with Crippen molar-refractivity contribution in [3.63, 3.8) is 0 Å². The summed E-state index contributed by atoms with van der Waals surface area (Å²) in [4.78, 5) is 24.1. The molecule has 0 radical (unpaired) electrons. The van der Waals surface area contributed by atoms with E-state index < -0.39 is 12.0 Å². The Kier molecular flexibility index (Phi) is 6.23. The van der Waals surface area contributed by atoms with E-state index in [0.29, 0.717) is 31.1 Å². The van der Waals surface area contributed by atoms with Gasteiger partial charge in [0.25, 0.3) is 0 Å². The average molecular weight is 391 g/mol. The lowest BCUT2D eigenvalue weighted by molar-refractivity contribution is -0.145. The first-order valence-corrected chi connectivity index (χ1v) is 8.08. The van der Waals surface area contributed by atoms with E-state index in [9.17, 15) is 9.59 Å². The molecule has 5 nitrogen and oxygen atoms in total. The van der Waals surface area contributed by atoms with Crippen molar-refractivity contribution >= 4 is 39.4 Å². The van der Waals surface area contributed by atoms with Gasteiger partial charge >= 0.3 is 5.97 Å². The van der Waals surface area contributed by atoms with Crippen LogP contribution in [-0.2, 0) is 25.5 Å². The van der Waals surface area contributed by atoms with Gasteiger partial charge in [-0.2, -0.15) is 0 Å². The number of halogens is 2. The van der Waals surface area contributed by atoms with Crippen molar-refractivity contribution in [3.8, 4) is 0 Å². The van der Waals surface area contributed by atoms with E-state index in [-0.39, 0.29) is 11.8 Å². The van der Waals surface area contributed by atoms with Crippen LogP contribution in [0, 0.1) is 5.92 Å². The molecule has 0 spiro atoms. The first-order valence-electron chi connectivity index (χ1n) is 6.91. The Morgan fingerprint density at radius 3 is 2.95 bits per heavy atom. The summed E-state index contributed by atoms with van der Waals surface area (Å²) in [5, 5.41) is 3.31. The van der Waals surface area contributed by atoms with Crippen LogP contribution in [0.1, 0.15) is 12.0 Å². The molecular weight excluding hydrogens is 374 g/mol. The van der Waals surface area contributed by atoms with Gasteiger partial charge in [0.15, 0.2) is 0 Å². The molecule has 1 aromatic carbocycles. The summed E-state index contributed by atoms with van der Waals surface area (Å²) in [5.74, 6) is -0.889. The Morgan fingerprint density at radius 1 is 1.55 bits per heavy atom. The minimum Gasteiger partial charge on any atom is -0.467 e. The molecule has 0 unspecified atom stereocenters. The summed E-state index contributed by atoms with van der Waals surface area (Å²) in [6, 6.07) is 4.55. The molecule has 1 fully saturated rings. The summed E-state index contributed by atoms with van der Waals surface area (Å²) in [6.07, 6.45) is 0.966. The summed E-state index contributed by atoms with van der Waals surface area (Å²) < 4.78 is 10.8. The normalized spacial score (nSPS) is 18.8. The molecule has 1 heterocycles. The maximum absolute atomic E-state index is 12.2. The van der Waals surface area contributed by atoms with Crippen LogP contribution < -0.4 is 5.32 Å². The van der Waals surface area contributed by atoms with Gasteiger partial charge in [-0.3, -0.25) is 4.79 Å². The predicted molar refractivity (Wildman–Crippen MR) is 85.7 cm³/mol. The maximum Gasteiger partial charge on any atom is 0.328 e. The van der Waals surface area contributed by atoms with Crippen molar-refractivity contribution < 1.29 is 19.1 Å². The Labute approximate surface area is 142 Å². The van der Waals surface area contributed by atoms with Crippen LogP contribution in [0.25, 0.3) is 0 Å². The summed E-state index contributed by atoms with van der Waals surface area (Å²) in [5.41, 5.74) is 0.825. The van der Waals surface area contributed by atoms with Crippen LogP contribution >= 0.6 is 27.5 Å². The van der Waals surface area contributed by atoms with Crippen molar-refractivity contribution in [2.75, 3.05) is 20.3 Å². The Balaban J connectivity index is 2.10. The molecule has 1 aliphatic heterocycles. The van der Waals surface area contributed by atoms with Gasteiger partial charge < -0.3 is 14.8 Å². The lowest BCUT2D eigenvalue weighted by Crippen LogP contribution is -2.45. The smallest absolute Gasteiger partial charge is 0.328 e. The number of carbonyl (C=O) groups is 2. The SMILES string of the molecule is COC(=O)[C@@H](Cc1cc(Cl)ccc1Br)NC(=O)[C@@H]1CCOC1. The second-order valence-electron chi connectivity index (χ2n) is 5.08. The lowest BCUT2D eigenvalue weighted by atomic mass is 10.0. The van der Waals surface area contributed by atoms with Crippen molar-refractivity contribution in [1.82, 2.24) is 5.32 Å². The van der Waals surface area contributed by atoms with E-state index in [1.54, 1.807) is 18.2 Å². The standard InChI is InChI=1S/C15H17BrClNO4/c1-21-15(20)13(18-14(19)9-4-5-22-8-9)7-10-6-11(17)2-3-12(10)16/h2-3,6,9,13H,4-5,7-8H2,1H3,(H,18,19)/t9-,13-/m1/s1. The van der Waals surface area contributed by atoms with E-state index in [0.717, 1.165) is 10.0 Å². The van der Waals surface area contributed by atoms with Crippen LogP contribution in [0.4, 0.5) is 0 Å². The van der Waals surface area contributed by atoms with Gasteiger partial charge in [-0.25, -0.2) is 4.79 Å². The highest BCUT2D eigenvalue weighted by Gasteiger charge is 2.29. The topological polar surface area (TPSA) is 64.6 Å². The van der Waals surface area contributed by atoms with E-state index in [4.69, 9.17) is 21.1 Å². The van der Waals surface area contributed by atoms with Crippen molar-refractivity contribution in [2.45, 2.75) is 18.9 Å². The number of rotatable bonds is 5. The number of nitrogens with one attached hydrogen (secondary N) is 1. The van der Waals surface area contributed by atoms with Crippen LogP contribution in [0.3, 0.4) is 0 Å². The number of carbonyl (C=O) groups excluding carboxylic acids is 2. The van der Waals surface area contributed by atoms with E-state index in [2.05, 4.69) is 21.2 Å². The van der Waals surface area contributed by atoms with Crippen molar-refractivity contribution in [3.05, 3.63) is 33.3 Å². The third-order valence-corrected chi connectivity index (χ3v) is 4.54. The molecular formula is C15H17BrClNO4. The molecule has 120 valence electrons. The van der Waals surface area contributed by atoms with Gasteiger partial charge in [0.1, 0.15) is 6.04 Å². The minimum absolute atomic E-state index is 0.189. The van der Waals surface area contributed by atoms with E-state index >= 15 is 0 Å². The Hall–Kier alpha value is -1.11. The number of benzene rings is 1. The molecule has 1 N–H and O–H groups in total. The second kappa shape index (κ2) is 7.94. The number of hydrogen-bond donors (Lipinski definition) is 1. The fraction of sp³-hybridized carbons (Fsp3) is 0.467. The number of methoxy groups -OCH3 is 1. The molecule has 1 aromatic rings. The molecule has 0 saturated carbocycles. The van der Waals surface area contributed by atoms with Gasteiger partial charge in [-0.1, -0.05) is 27.5 Å². The number of amides is 1. The zero-order valence-corrected chi connectivity index (χ0v) is 14.4. The Morgan fingerprint density at radius 2 is 2.32 bits per heavy atom. The quantitative estimate of drug-likeness (QED) is 0.784.